The Morgan fingerprint density at radius 3 is 0.836 bits per heavy atom. The number of hydrogen-bond acceptors (Lipinski definition) is 6. The quantitative estimate of drug-likeness (QED) is 0.0262. The summed E-state index contributed by atoms with van der Waals surface area (Å²) in [6.45, 7) is 6.56. The lowest BCUT2D eigenvalue weighted by Crippen LogP contribution is -2.30. The van der Waals surface area contributed by atoms with E-state index in [4.69, 9.17) is 14.2 Å². The summed E-state index contributed by atoms with van der Waals surface area (Å²) < 4.78 is 16.7. The lowest BCUT2D eigenvalue weighted by Gasteiger charge is -2.18. The van der Waals surface area contributed by atoms with Gasteiger partial charge in [-0.05, 0) is 70.6 Å². The molecule has 0 bridgehead atoms. The zero-order chi connectivity index (χ0) is 44.4. The molecule has 0 fully saturated rings. The Bertz CT molecular complexity index is 989. The molecule has 6 heteroatoms. The molecule has 0 amide bonds. The maximum Gasteiger partial charge on any atom is 0.306 e. The third-order valence-electron chi connectivity index (χ3n) is 11.9. The number of carbonyl (C=O) groups is 3. The average Bonchev–Trinajstić information content (AvgIpc) is 3.26. The molecule has 0 aliphatic carbocycles. The van der Waals surface area contributed by atoms with Crippen LogP contribution >= 0.6 is 0 Å². The monoisotopic (exact) mass is 859 g/mol. The molecular weight excluding hydrogens is 757 g/mol. The second kappa shape index (κ2) is 50.5. The topological polar surface area (TPSA) is 78.9 Å². The summed E-state index contributed by atoms with van der Waals surface area (Å²) in [6, 6.07) is 0. The van der Waals surface area contributed by atoms with E-state index < -0.39 is 6.10 Å². The van der Waals surface area contributed by atoms with E-state index in [1.807, 2.05) is 0 Å². The highest BCUT2D eigenvalue weighted by molar-refractivity contribution is 5.71. The maximum atomic E-state index is 12.7. The van der Waals surface area contributed by atoms with Crippen LogP contribution in [0.1, 0.15) is 290 Å². The summed E-state index contributed by atoms with van der Waals surface area (Å²) in [5.41, 5.74) is 0. The summed E-state index contributed by atoms with van der Waals surface area (Å²) in [6.07, 6.45) is 57.9. The predicted octanol–water partition coefficient (Wildman–Crippen LogP) is 17.5. The second-order valence-corrected chi connectivity index (χ2v) is 18.1. The predicted molar refractivity (Wildman–Crippen MR) is 261 cm³/mol. The van der Waals surface area contributed by atoms with Crippen LogP contribution in [0, 0.1) is 0 Å². The number of rotatable bonds is 49. The highest BCUT2D eigenvalue weighted by Gasteiger charge is 2.19. The third kappa shape index (κ3) is 48.8. The van der Waals surface area contributed by atoms with Crippen LogP contribution in [0.4, 0.5) is 0 Å². The van der Waals surface area contributed by atoms with E-state index in [2.05, 4.69) is 45.1 Å². The molecule has 0 aliphatic rings. The summed E-state index contributed by atoms with van der Waals surface area (Å²) in [7, 11) is 0. The first-order chi connectivity index (χ1) is 30.0. The molecule has 0 aromatic rings. The van der Waals surface area contributed by atoms with Crippen molar-refractivity contribution >= 4 is 17.9 Å². The molecule has 0 saturated carbocycles. The Hall–Kier alpha value is -2.11. The van der Waals surface area contributed by atoms with E-state index >= 15 is 0 Å². The minimum atomic E-state index is -0.768. The number of allylic oxidation sites excluding steroid dienone is 4. The molecule has 0 spiro atoms. The molecule has 0 rings (SSSR count). The number of ether oxygens (including phenoxy) is 3. The largest absolute Gasteiger partial charge is 0.462 e. The van der Waals surface area contributed by atoms with Crippen LogP contribution in [-0.4, -0.2) is 37.2 Å². The van der Waals surface area contributed by atoms with Gasteiger partial charge in [0.25, 0.3) is 0 Å². The lowest BCUT2D eigenvalue weighted by atomic mass is 10.0. The Morgan fingerprint density at radius 2 is 0.541 bits per heavy atom. The zero-order valence-electron chi connectivity index (χ0n) is 40.9. The highest BCUT2D eigenvalue weighted by Crippen LogP contribution is 2.16. The fourth-order valence-corrected chi connectivity index (χ4v) is 7.84. The number of esters is 3. The molecule has 0 aromatic carbocycles. The van der Waals surface area contributed by atoms with Crippen LogP contribution in [0.25, 0.3) is 0 Å². The van der Waals surface area contributed by atoms with Gasteiger partial charge in [-0.3, -0.25) is 14.4 Å². The van der Waals surface area contributed by atoms with Gasteiger partial charge in [0, 0.05) is 19.3 Å². The first-order valence-corrected chi connectivity index (χ1v) is 26.8. The molecule has 0 N–H and O–H groups in total. The summed E-state index contributed by atoms with van der Waals surface area (Å²) >= 11 is 0. The van der Waals surface area contributed by atoms with Crippen molar-refractivity contribution in [3.63, 3.8) is 0 Å². The van der Waals surface area contributed by atoms with Crippen LogP contribution in [0.2, 0.25) is 0 Å². The van der Waals surface area contributed by atoms with Crippen molar-refractivity contribution in [2.24, 2.45) is 0 Å². The normalized spacial score (nSPS) is 12.1. The van der Waals surface area contributed by atoms with Crippen molar-refractivity contribution < 1.29 is 28.6 Å². The van der Waals surface area contributed by atoms with Crippen LogP contribution in [0.3, 0.4) is 0 Å². The fraction of sp³-hybridized carbons (Fsp3) is 0.873. The van der Waals surface area contributed by atoms with Gasteiger partial charge >= 0.3 is 17.9 Å². The molecule has 6 nitrogen and oxygen atoms in total. The van der Waals surface area contributed by atoms with E-state index in [0.29, 0.717) is 19.3 Å². The van der Waals surface area contributed by atoms with E-state index in [1.165, 1.54) is 180 Å². The molecular formula is C55H102O6. The number of hydrogen-bond donors (Lipinski definition) is 0. The number of unbranched alkanes of at least 4 members (excludes halogenated alkanes) is 34. The Morgan fingerprint density at radius 1 is 0.311 bits per heavy atom. The molecule has 0 aromatic heterocycles. The minimum Gasteiger partial charge on any atom is -0.462 e. The first kappa shape index (κ1) is 58.9. The SMILES string of the molecule is CCCCCC/C=C\CCCCCCCC(=O)OC(COC(=O)CCCCCCC)COC(=O)CCCCCCCCCCCCCCC/C=C\CCCCCCCCCC. The fourth-order valence-electron chi connectivity index (χ4n) is 7.84. The van der Waals surface area contributed by atoms with Gasteiger partial charge in [-0.25, -0.2) is 0 Å². The summed E-state index contributed by atoms with van der Waals surface area (Å²) in [5, 5.41) is 0. The lowest BCUT2D eigenvalue weighted by molar-refractivity contribution is -0.167. The van der Waals surface area contributed by atoms with Gasteiger partial charge in [-0.2, -0.15) is 0 Å². The smallest absolute Gasteiger partial charge is 0.306 e. The van der Waals surface area contributed by atoms with Gasteiger partial charge in [0.05, 0.1) is 0 Å². The molecule has 0 saturated heterocycles. The molecule has 61 heavy (non-hydrogen) atoms. The zero-order valence-corrected chi connectivity index (χ0v) is 40.9. The van der Waals surface area contributed by atoms with Crippen molar-refractivity contribution in [2.45, 2.75) is 297 Å². The van der Waals surface area contributed by atoms with E-state index in [9.17, 15) is 14.4 Å². The molecule has 0 heterocycles. The van der Waals surface area contributed by atoms with Crippen LogP contribution in [0.15, 0.2) is 24.3 Å². The molecule has 1 atom stereocenters. The Labute approximate surface area is 379 Å². The van der Waals surface area contributed by atoms with Crippen molar-refractivity contribution in [2.75, 3.05) is 13.2 Å². The van der Waals surface area contributed by atoms with E-state index in [0.717, 1.165) is 70.6 Å². The third-order valence-corrected chi connectivity index (χ3v) is 11.9. The summed E-state index contributed by atoms with van der Waals surface area (Å²) in [4.78, 5) is 37.6. The van der Waals surface area contributed by atoms with Crippen LogP contribution in [-0.2, 0) is 28.6 Å². The maximum absolute atomic E-state index is 12.7. The Kier molecular flexibility index (Phi) is 48.8. The van der Waals surface area contributed by atoms with Crippen molar-refractivity contribution in [3.8, 4) is 0 Å². The van der Waals surface area contributed by atoms with Gasteiger partial charge < -0.3 is 14.2 Å². The van der Waals surface area contributed by atoms with Crippen LogP contribution < -0.4 is 0 Å². The van der Waals surface area contributed by atoms with Crippen LogP contribution in [0.5, 0.6) is 0 Å². The molecule has 0 aliphatic heterocycles. The van der Waals surface area contributed by atoms with Crippen molar-refractivity contribution in [1.82, 2.24) is 0 Å². The second-order valence-electron chi connectivity index (χ2n) is 18.1. The van der Waals surface area contributed by atoms with Gasteiger partial charge in [0.15, 0.2) is 6.10 Å². The average molecular weight is 859 g/mol. The molecule has 358 valence electrons. The van der Waals surface area contributed by atoms with Gasteiger partial charge in [0.2, 0.25) is 0 Å². The Balaban J connectivity index is 4.02. The van der Waals surface area contributed by atoms with Gasteiger partial charge in [-0.1, -0.05) is 225 Å². The first-order valence-electron chi connectivity index (χ1n) is 26.8. The molecule has 0 radical (unpaired) electrons. The minimum absolute atomic E-state index is 0.0722. The van der Waals surface area contributed by atoms with E-state index in [1.54, 1.807) is 0 Å². The van der Waals surface area contributed by atoms with Gasteiger partial charge in [-0.15, -0.1) is 0 Å². The van der Waals surface area contributed by atoms with E-state index in [-0.39, 0.29) is 31.1 Å². The van der Waals surface area contributed by atoms with Gasteiger partial charge in [0.1, 0.15) is 13.2 Å². The van der Waals surface area contributed by atoms with Crippen molar-refractivity contribution in [3.05, 3.63) is 24.3 Å². The van der Waals surface area contributed by atoms with Crippen molar-refractivity contribution in [1.29, 1.82) is 0 Å². The molecule has 1 unspecified atom stereocenters. The summed E-state index contributed by atoms with van der Waals surface area (Å²) in [5.74, 6) is -0.885. The number of carbonyl (C=O) groups excluding carboxylic acids is 3. The highest BCUT2D eigenvalue weighted by atomic mass is 16.6. The standard InChI is InChI=1S/C55H102O6/c1-4-7-10-13-15-17-19-21-22-23-24-25-26-27-28-29-30-31-32-34-35-37-39-42-45-48-54(57)60-51-52(50-59-53(56)47-44-41-12-9-6-3)61-55(58)49-46-43-40-38-36-33-20-18-16-14-11-8-5-2/h18,20,23-24,52H,4-17,19,21-22,25-51H2,1-3H3/b20-18-,24-23-.